The maximum absolute atomic E-state index is 13.2. The first-order valence-electron chi connectivity index (χ1n) is 9.81. The van der Waals surface area contributed by atoms with Crippen molar-refractivity contribution in [2.24, 2.45) is 5.92 Å². The Kier molecular flexibility index (Phi) is 7.13. The summed E-state index contributed by atoms with van der Waals surface area (Å²) in [5.74, 6) is 0.182. The first-order valence-corrected chi connectivity index (χ1v) is 11.6. The lowest BCUT2D eigenvalue weighted by Crippen LogP contribution is -2.40. The number of carbonyl (C=O) groups excluding carboxylic acids is 2. The zero-order chi connectivity index (χ0) is 21.0. The number of hydrogen-bond donors (Lipinski definition) is 2. The molecule has 0 aliphatic heterocycles. The summed E-state index contributed by atoms with van der Waals surface area (Å²) in [5.41, 5.74) is 1.06. The quantitative estimate of drug-likeness (QED) is 0.397. The summed E-state index contributed by atoms with van der Waals surface area (Å²) in [6, 6.07) is -0.510. The molecule has 3 amide bonds. The van der Waals surface area contributed by atoms with E-state index in [9.17, 15) is 14.4 Å². The zero-order valence-electron chi connectivity index (χ0n) is 16.7. The Hall–Kier alpha value is -2.13. The molecule has 1 aliphatic carbocycles. The maximum atomic E-state index is 13.2. The topological polar surface area (TPSA) is 93.1 Å². The van der Waals surface area contributed by atoms with E-state index in [0.717, 1.165) is 47.8 Å². The van der Waals surface area contributed by atoms with E-state index in [2.05, 4.69) is 24.1 Å². The Balaban J connectivity index is 1.84. The number of thioether (sulfide) groups is 1. The van der Waals surface area contributed by atoms with Crippen molar-refractivity contribution in [3.05, 3.63) is 33.4 Å². The van der Waals surface area contributed by atoms with E-state index in [4.69, 9.17) is 4.98 Å². The monoisotopic (exact) mass is 434 g/mol. The molecule has 0 saturated carbocycles. The smallest absolute Gasteiger partial charge is 0.321 e. The van der Waals surface area contributed by atoms with Crippen molar-refractivity contribution in [2.75, 3.05) is 12.3 Å². The number of amides is 3. The SMILES string of the molecule is C=CCn1c(SCC(=O)NC(=O)NCCC)nc2sc3c(c2c1=O)CCC(C)C3. The highest BCUT2D eigenvalue weighted by Crippen LogP contribution is 2.36. The van der Waals surface area contributed by atoms with Gasteiger partial charge in [-0.25, -0.2) is 9.78 Å². The number of allylic oxidation sites excluding steroid dienone is 1. The largest absolute Gasteiger partial charge is 0.338 e. The molecule has 2 heterocycles. The van der Waals surface area contributed by atoms with Gasteiger partial charge in [0.05, 0.1) is 11.1 Å². The molecule has 0 bridgehead atoms. The average molecular weight is 435 g/mol. The van der Waals surface area contributed by atoms with Gasteiger partial charge in [-0.1, -0.05) is 31.7 Å². The first kappa shape index (κ1) is 21.6. The lowest BCUT2D eigenvalue weighted by molar-refractivity contribution is -0.117. The van der Waals surface area contributed by atoms with Crippen LogP contribution < -0.4 is 16.2 Å². The third-order valence-electron chi connectivity index (χ3n) is 4.81. The van der Waals surface area contributed by atoms with Crippen LogP contribution in [0.1, 0.15) is 37.1 Å². The van der Waals surface area contributed by atoms with Gasteiger partial charge in [0.15, 0.2) is 5.16 Å². The maximum Gasteiger partial charge on any atom is 0.321 e. The summed E-state index contributed by atoms with van der Waals surface area (Å²) in [4.78, 5) is 43.6. The Morgan fingerprint density at radius 2 is 2.24 bits per heavy atom. The molecule has 156 valence electrons. The normalized spacial score (nSPS) is 15.7. The van der Waals surface area contributed by atoms with Gasteiger partial charge in [0.2, 0.25) is 5.91 Å². The van der Waals surface area contributed by atoms with Crippen LogP contribution in [0.4, 0.5) is 4.79 Å². The summed E-state index contributed by atoms with van der Waals surface area (Å²) in [6.45, 7) is 8.73. The van der Waals surface area contributed by atoms with Crippen LogP contribution in [0.2, 0.25) is 0 Å². The highest BCUT2D eigenvalue weighted by Gasteiger charge is 2.24. The van der Waals surface area contributed by atoms with Gasteiger partial charge in [-0.15, -0.1) is 17.9 Å². The fourth-order valence-electron chi connectivity index (χ4n) is 3.38. The standard InChI is InChI=1S/C20H26N4O3S2/c1-4-8-21-19(27)22-15(25)11-28-20-23-17-16(18(26)24(20)9-5-2)13-7-6-12(3)10-14(13)29-17/h5,12H,2,4,6-11H2,1,3H3,(H2,21,22,25,27). The van der Waals surface area contributed by atoms with Crippen molar-refractivity contribution in [3.8, 4) is 0 Å². The number of carbonyl (C=O) groups is 2. The molecule has 1 atom stereocenters. The molecule has 29 heavy (non-hydrogen) atoms. The molecular formula is C20H26N4O3S2. The predicted molar refractivity (Wildman–Crippen MR) is 118 cm³/mol. The van der Waals surface area contributed by atoms with Crippen molar-refractivity contribution >= 4 is 45.3 Å². The molecule has 0 saturated heterocycles. The molecule has 1 unspecified atom stereocenters. The molecule has 2 N–H and O–H groups in total. The van der Waals surface area contributed by atoms with Crippen molar-refractivity contribution in [1.29, 1.82) is 0 Å². The molecule has 1 aliphatic rings. The molecule has 0 radical (unpaired) electrons. The predicted octanol–water partition coefficient (Wildman–Crippen LogP) is 3.10. The van der Waals surface area contributed by atoms with Gasteiger partial charge in [-0.05, 0) is 37.2 Å². The van der Waals surface area contributed by atoms with Crippen LogP contribution in [0.25, 0.3) is 10.2 Å². The van der Waals surface area contributed by atoms with Gasteiger partial charge in [0, 0.05) is 18.0 Å². The highest BCUT2D eigenvalue weighted by molar-refractivity contribution is 7.99. The minimum Gasteiger partial charge on any atom is -0.338 e. The average Bonchev–Trinajstić information content (AvgIpc) is 3.04. The Bertz CT molecular complexity index is 996. The number of nitrogens with zero attached hydrogens (tertiary/aromatic N) is 2. The molecule has 0 spiro atoms. The van der Waals surface area contributed by atoms with Crippen LogP contribution in [0.3, 0.4) is 0 Å². The number of aromatic nitrogens is 2. The van der Waals surface area contributed by atoms with E-state index in [1.54, 1.807) is 22.0 Å². The summed E-state index contributed by atoms with van der Waals surface area (Å²) in [6.07, 6.45) is 5.41. The second-order valence-corrected chi connectivity index (χ2v) is 9.25. The molecule has 7 nitrogen and oxygen atoms in total. The summed E-state index contributed by atoms with van der Waals surface area (Å²) >= 11 is 2.74. The van der Waals surface area contributed by atoms with Crippen LogP contribution in [0.15, 0.2) is 22.6 Å². The molecule has 9 heteroatoms. The first-order chi connectivity index (χ1) is 13.9. The van der Waals surface area contributed by atoms with E-state index < -0.39 is 11.9 Å². The number of nitrogens with one attached hydrogen (secondary N) is 2. The van der Waals surface area contributed by atoms with Crippen LogP contribution in [0.5, 0.6) is 0 Å². The van der Waals surface area contributed by atoms with Gasteiger partial charge in [-0.3, -0.25) is 19.5 Å². The highest BCUT2D eigenvalue weighted by atomic mass is 32.2. The lowest BCUT2D eigenvalue weighted by Gasteiger charge is -2.17. The van der Waals surface area contributed by atoms with Crippen LogP contribution in [-0.2, 0) is 24.2 Å². The van der Waals surface area contributed by atoms with E-state index in [0.29, 0.717) is 29.6 Å². The Morgan fingerprint density at radius 3 is 2.97 bits per heavy atom. The van der Waals surface area contributed by atoms with E-state index in [-0.39, 0.29) is 11.3 Å². The second-order valence-electron chi connectivity index (χ2n) is 7.22. The molecule has 3 rings (SSSR count). The number of fused-ring (bicyclic) bond motifs is 3. The third-order valence-corrected chi connectivity index (χ3v) is 6.94. The lowest BCUT2D eigenvalue weighted by atomic mass is 9.89. The van der Waals surface area contributed by atoms with Gasteiger partial charge >= 0.3 is 6.03 Å². The molecular weight excluding hydrogens is 408 g/mol. The number of aryl methyl sites for hydroxylation is 1. The van der Waals surface area contributed by atoms with Crippen molar-refractivity contribution in [2.45, 2.75) is 51.2 Å². The molecule has 0 fully saturated rings. The van der Waals surface area contributed by atoms with E-state index >= 15 is 0 Å². The van der Waals surface area contributed by atoms with Crippen molar-refractivity contribution < 1.29 is 9.59 Å². The van der Waals surface area contributed by atoms with Gasteiger partial charge in [0.25, 0.3) is 5.56 Å². The number of rotatable bonds is 7. The van der Waals surface area contributed by atoms with Crippen molar-refractivity contribution in [1.82, 2.24) is 20.2 Å². The summed E-state index contributed by atoms with van der Waals surface area (Å²) in [7, 11) is 0. The zero-order valence-corrected chi connectivity index (χ0v) is 18.4. The fraction of sp³-hybridized carbons (Fsp3) is 0.500. The number of hydrogen-bond acceptors (Lipinski definition) is 6. The minimum atomic E-state index is -0.510. The summed E-state index contributed by atoms with van der Waals surface area (Å²) < 4.78 is 1.56. The van der Waals surface area contributed by atoms with Gasteiger partial charge in [-0.2, -0.15) is 0 Å². The second kappa shape index (κ2) is 9.58. The van der Waals surface area contributed by atoms with Crippen LogP contribution in [0, 0.1) is 5.92 Å². The third kappa shape index (κ3) is 4.90. The molecule has 2 aromatic rings. The van der Waals surface area contributed by atoms with E-state index in [1.807, 2.05) is 6.92 Å². The van der Waals surface area contributed by atoms with Crippen LogP contribution in [-0.4, -0.2) is 33.8 Å². The Morgan fingerprint density at radius 1 is 1.45 bits per heavy atom. The minimum absolute atomic E-state index is 0.00322. The van der Waals surface area contributed by atoms with Crippen molar-refractivity contribution in [3.63, 3.8) is 0 Å². The van der Waals surface area contributed by atoms with Gasteiger partial charge in [0.1, 0.15) is 4.83 Å². The summed E-state index contributed by atoms with van der Waals surface area (Å²) in [5, 5.41) is 6.07. The van der Waals surface area contributed by atoms with E-state index in [1.165, 1.54) is 4.88 Å². The number of urea groups is 1. The number of imide groups is 1. The molecule has 0 aromatic carbocycles. The molecule has 2 aromatic heterocycles. The fourth-order valence-corrected chi connectivity index (χ4v) is 5.61. The number of thiophene rings is 1. The van der Waals surface area contributed by atoms with Gasteiger partial charge < -0.3 is 5.32 Å². The van der Waals surface area contributed by atoms with Crippen LogP contribution >= 0.6 is 23.1 Å². The Labute approximate surface area is 178 Å².